The molecule has 0 bridgehead atoms. The smallest absolute Gasteiger partial charge is 0.326 e. The Morgan fingerprint density at radius 1 is 1.10 bits per heavy atom. The number of aliphatic carboxylic acids is 1. The van der Waals surface area contributed by atoms with Crippen molar-refractivity contribution in [3.63, 3.8) is 0 Å². The minimum atomic E-state index is -1.05. The van der Waals surface area contributed by atoms with Gasteiger partial charge in [-0.25, -0.2) is 9.59 Å². The van der Waals surface area contributed by atoms with Crippen molar-refractivity contribution >= 4 is 17.7 Å². The monoisotopic (exact) mass is 292 g/mol. The third kappa shape index (κ3) is 4.48. The zero-order chi connectivity index (χ0) is 16.4. The Labute approximate surface area is 125 Å². The summed E-state index contributed by atoms with van der Waals surface area (Å²) in [7, 11) is 0. The summed E-state index contributed by atoms with van der Waals surface area (Å²) in [4.78, 5) is 23.3. The molecule has 3 N–H and O–H groups in total. The summed E-state index contributed by atoms with van der Waals surface area (Å²) in [5.74, 6) is -1.05. The van der Waals surface area contributed by atoms with Crippen LogP contribution in [0.5, 0.6) is 0 Å². The largest absolute Gasteiger partial charge is 0.480 e. The molecular formula is C16H24N2O3. The molecule has 2 amide bonds. The van der Waals surface area contributed by atoms with Crippen LogP contribution < -0.4 is 10.6 Å². The summed E-state index contributed by atoms with van der Waals surface area (Å²) >= 11 is 0. The van der Waals surface area contributed by atoms with Crippen molar-refractivity contribution < 1.29 is 14.7 Å². The van der Waals surface area contributed by atoms with Gasteiger partial charge in [-0.3, -0.25) is 0 Å². The maximum absolute atomic E-state index is 12.1. The van der Waals surface area contributed by atoms with Crippen LogP contribution in [-0.4, -0.2) is 23.1 Å². The van der Waals surface area contributed by atoms with E-state index in [0.29, 0.717) is 0 Å². The summed E-state index contributed by atoms with van der Waals surface area (Å²) in [5.41, 5.74) is 3.17. The highest BCUT2D eigenvalue weighted by Gasteiger charge is 2.32. The predicted octanol–water partition coefficient (Wildman–Crippen LogP) is 3.23. The number of carbonyl (C=O) groups excluding carboxylic acids is 1. The Balaban J connectivity index is 2.90. The van der Waals surface area contributed by atoms with Crippen molar-refractivity contribution in [3.8, 4) is 0 Å². The van der Waals surface area contributed by atoms with Gasteiger partial charge in [0.15, 0.2) is 0 Å². The normalized spacial score (nSPS) is 12.7. The highest BCUT2D eigenvalue weighted by molar-refractivity contribution is 5.93. The lowest BCUT2D eigenvalue weighted by atomic mass is 9.87. The Morgan fingerprint density at radius 2 is 1.57 bits per heavy atom. The first-order valence-electron chi connectivity index (χ1n) is 6.90. The highest BCUT2D eigenvalue weighted by atomic mass is 16.4. The molecular weight excluding hydrogens is 268 g/mol. The first-order chi connectivity index (χ1) is 9.52. The van der Waals surface area contributed by atoms with Crippen LogP contribution in [0.4, 0.5) is 10.5 Å². The van der Waals surface area contributed by atoms with Gasteiger partial charge in [0.2, 0.25) is 0 Å². The Hall–Kier alpha value is -2.04. The van der Waals surface area contributed by atoms with Crippen molar-refractivity contribution in [1.29, 1.82) is 0 Å². The standard InChI is InChI=1S/C16H24N2O3/c1-9-7-10(2)12(11(3)8-9)17-15(21)18-13(14(19)20)16(4,5)6/h7-8,13H,1-6H3,(H,19,20)(H2,17,18,21)/t13-/m1/s1. The SMILES string of the molecule is Cc1cc(C)c(NC(=O)N[C@H](C(=O)O)C(C)(C)C)c(C)c1. The number of rotatable bonds is 3. The first-order valence-corrected chi connectivity index (χ1v) is 6.90. The van der Waals surface area contributed by atoms with Gasteiger partial charge in [-0.05, 0) is 37.3 Å². The third-order valence-corrected chi connectivity index (χ3v) is 3.30. The fraction of sp³-hybridized carbons (Fsp3) is 0.500. The van der Waals surface area contributed by atoms with Crippen molar-refractivity contribution in [2.45, 2.75) is 47.6 Å². The van der Waals surface area contributed by atoms with Gasteiger partial charge in [-0.15, -0.1) is 0 Å². The number of hydrogen-bond donors (Lipinski definition) is 3. The molecule has 1 aromatic rings. The molecule has 1 atom stereocenters. The van der Waals surface area contributed by atoms with Crippen LogP contribution in [0.15, 0.2) is 12.1 Å². The topological polar surface area (TPSA) is 78.4 Å². The molecule has 0 unspecified atom stereocenters. The van der Waals surface area contributed by atoms with Gasteiger partial charge < -0.3 is 15.7 Å². The third-order valence-electron chi connectivity index (χ3n) is 3.30. The average molecular weight is 292 g/mol. The van der Waals surface area contributed by atoms with Crippen molar-refractivity contribution in [3.05, 3.63) is 28.8 Å². The van der Waals surface area contributed by atoms with E-state index < -0.39 is 23.5 Å². The molecule has 5 nitrogen and oxygen atoms in total. The number of amides is 2. The van der Waals surface area contributed by atoms with Crippen LogP contribution >= 0.6 is 0 Å². The minimum absolute atomic E-state index is 0.507. The van der Waals surface area contributed by atoms with E-state index in [1.54, 1.807) is 20.8 Å². The molecule has 116 valence electrons. The van der Waals surface area contributed by atoms with Gasteiger partial charge in [0.05, 0.1) is 0 Å². The number of carboxylic acids is 1. The molecule has 1 aromatic carbocycles. The fourth-order valence-electron chi connectivity index (χ4n) is 2.31. The van der Waals surface area contributed by atoms with Crippen molar-refractivity contribution in [1.82, 2.24) is 5.32 Å². The lowest BCUT2D eigenvalue weighted by Crippen LogP contribution is -2.50. The predicted molar refractivity (Wildman–Crippen MR) is 83.7 cm³/mol. The lowest BCUT2D eigenvalue weighted by molar-refractivity contribution is -0.141. The quantitative estimate of drug-likeness (QED) is 0.800. The van der Waals surface area contributed by atoms with Crippen molar-refractivity contribution in [2.24, 2.45) is 5.41 Å². The van der Waals surface area contributed by atoms with E-state index in [4.69, 9.17) is 0 Å². The summed E-state index contributed by atoms with van der Waals surface area (Å²) in [5, 5.41) is 14.5. The van der Waals surface area contributed by atoms with Crippen LogP contribution in [0.3, 0.4) is 0 Å². The average Bonchev–Trinajstić information content (AvgIpc) is 2.28. The number of nitrogens with one attached hydrogen (secondary N) is 2. The Kier molecular flexibility index (Phi) is 4.99. The molecule has 0 spiro atoms. The van der Waals surface area contributed by atoms with E-state index in [1.165, 1.54) is 0 Å². The summed E-state index contributed by atoms with van der Waals surface area (Å²) < 4.78 is 0. The summed E-state index contributed by atoms with van der Waals surface area (Å²) in [6, 6.07) is 2.48. The molecule has 0 radical (unpaired) electrons. The van der Waals surface area contributed by atoms with Gasteiger partial charge >= 0.3 is 12.0 Å². The number of benzene rings is 1. The molecule has 0 aromatic heterocycles. The van der Waals surface area contributed by atoms with Gasteiger partial charge in [-0.2, -0.15) is 0 Å². The number of anilines is 1. The van der Waals surface area contributed by atoms with Crippen LogP contribution in [0.1, 0.15) is 37.5 Å². The Bertz CT molecular complexity index is 536. The summed E-state index contributed by atoms with van der Waals surface area (Å²) in [6.07, 6.45) is 0. The minimum Gasteiger partial charge on any atom is -0.480 e. The van der Waals surface area contributed by atoms with Crippen LogP contribution in [0, 0.1) is 26.2 Å². The van der Waals surface area contributed by atoms with E-state index in [1.807, 2.05) is 32.9 Å². The van der Waals surface area contributed by atoms with E-state index in [0.717, 1.165) is 22.4 Å². The molecule has 0 fully saturated rings. The van der Waals surface area contributed by atoms with Gasteiger partial charge in [0, 0.05) is 5.69 Å². The zero-order valence-corrected chi connectivity index (χ0v) is 13.5. The highest BCUT2D eigenvalue weighted by Crippen LogP contribution is 2.23. The number of urea groups is 1. The number of hydrogen-bond acceptors (Lipinski definition) is 2. The van der Waals surface area contributed by atoms with E-state index >= 15 is 0 Å². The van der Waals surface area contributed by atoms with Gasteiger partial charge in [0.25, 0.3) is 0 Å². The maximum atomic E-state index is 12.1. The second kappa shape index (κ2) is 6.16. The lowest BCUT2D eigenvalue weighted by Gasteiger charge is -2.28. The molecule has 0 saturated heterocycles. The van der Waals surface area contributed by atoms with Crippen LogP contribution in [0.2, 0.25) is 0 Å². The maximum Gasteiger partial charge on any atom is 0.326 e. The number of aryl methyl sites for hydroxylation is 3. The second-order valence-corrected chi connectivity index (χ2v) is 6.51. The molecule has 0 aliphatic heterocycles. The van der Waals surface area contributed by atoms with Crippen molar-refractivity contribution in [2.75, 3.05) is 5.32 Å². The van der Waals surface area contributed by atoms with Crippen LogP contribution in [-0.2, 0) is 4.79 Å². The number of carbonyl (C=O) groups is 2. The Morgan fingerprint density at radius 3 is 1.95 bits per heavy atom. The number of carboxylic acid groups (broad SMARTS) is 1. The second-order valence-electron chi connectivity index (χ2n) is 6.51. The first kappa shape index (κ1) is 17.0. The van der Waals surface area contributed by atoms with E-state index in [2.05, 4.69) is 10.6 Å². The molecule has 21 heavy (non-hydrogen) atoms. The molecule has 5 heteroatoms. The zero-order valence-electron chi connectivity index (χ0n) is 13.5. The molecule has 0 aliphatic rings. The fourth-order valence-corrected chi connectivity index (χ4v) is 2.31. The van der Waals surface area contributed by atoms with Gasteiger partial charge in [-0.1, -0.05) is 38.5 Å². The van der Waals surface area contributed by atoms with E-state index in [9.17, 15) is 14.7 Å². The van der Waals surface area contributed by atoms with Gasteiger partial charge in [0.1, 0.15) is 6.04 Å². The van der Waals surface area contributed by atoms with E-state index in [-0.39, 0.29) is 0 Å². The molecule has 0 heterocycles. The molecule has 0 saturated carbocycles. The molecule has 1 rings (SSSR count). The summed E-state index contributed by atoms with van der Waals surface area (Å²) in [6.45, 7) is 11.1. The van der Waals surface area contributed by atoms with Crippen LogP contribution in [0.25, 0.3) is 0 Å². The molecule has 0 aliphatic carbocycles.